The predicted octanol–water partition coefficient (Wildman–Crippen LogP) is 3.97. The topological polar surface area (TPSA) is 68.3 Å². The summed E-state index contributed by atoms with van der Waals surface area (Å²) in [5, 5.41) is 8.08. The Hall–Kier alpha value is -1.72. The fourth-order valence-corrected chi connectivity index (χ4v) is 2.55. The third-order valence-electron chi connectivity index (χ3n) is 2.84. The van der Waals surface area contributed by atoms with E-state index in [-0.39, 0.29) is 5.84 Å². The van der Waals surface area contributed by atoms with Crippen molar-refractivity contribution in [1.82, 2.24) is 0 Å². The van der Waals surface area contributed by atoms with Gasteiger partial charge < -0.3 is 15.2 Å². The number of hydrogen-bond acceptors (Lipinski definition) is 3. The van der Waals surface area contributed by atoms with Gasteiger partial charge in [-0.3, -0.25) is 5.41 Å². The van der Waals surface area contributed by atoms with E-state index in [1.54, 1.807) is 25.3 Å². The number of benzene rings is 2. The minimum absolute atomic E-state index is 0.0578. The molecule has 0 bridgehead atoms. The molecule has 21 heavy (non-hydrogen) atoms. The predicted molar refractivity (Wildman–Crippen MR) is 87.5 cm³/mol. The van der Waals surface area contributed by atoms with E-state index >= 15 is 0 Å². The molecular formula is C15H14BrClN2O2. The molecule has 2 aromatic carbocycles. The first kappa shape index (κ1) is 15.7. The second-order valence-electron chi connectivity index (χ2n) is 4.31. The first-order valence-corrected chi connectivity index (χ1v) is 7.27. The molecule has 3 N–H and O–H groups in total. The molecule has 0 amide bonds. The van der Waals surface area contributed by atoms with Crippen LogP contribution in [-0.2, 0) is 6.61 Å². The highest BCUT2D eigenvalue weighted by atomic mass is 79.9. The summed E-state index contributed by atoms with van der Waals surface area (Å²) in [6.07, 6.45) is 0. The summed E-state index contributed by atoms with van der Waals surface area (Å²) >= 11 is 9.38. The second kappa shape index (κ2) is 6.83. The fourth-order valence-electron chi connectivity index (χ4n) is 1.80. The van der Waals surface area contributed by atoms with Crippen LogP contribution in [0.1, 0.15) is 11.1 Å². The Kier molecular flexibility index (Phi) is 5.09. The van der Waals surface area contributed by atoms with Crippen molar-refractivity contribution in [3.05, 3.63) is 57.0 Å². The van der Waals surface area contributed by atoms with Crippen molar-refractivity contribution >= 4 is 33.4 Å². The van der Waals surface area contributed by atoms with Crippen molar-refractivity contribution in [2.75, 3.05) is 7.11 Å². The SMILES string of the molecule is COc1ccc(COc2cc(Cl)ccc2C(=N)N)cc1Br. The lowest BCUT2D eigenvalue weighted by molar-refractivity contribution is 0.305. The third kappa shape index (κ3) is 3.89. The smallest absolute Gasteiger partial charge is 0.133 e. The number of ether oxygens (including phenoxy) is 2. The molecule has 0 aliphatic heterocycles. The number of nitrogens with two attached hydrogens (primary N) is 1. The summed E-state index contributed by atoms with van der Waals surface area (Å²) in [6.45, 7) is 0.337. The maximum atomic E-state index is 7.55. The van der Waals surface area contributed by atoms with Crippen LogP contribution in [0.2, 0.25) is 5.02 Å². The molecule has 0 aliphatic rings. The minimum Gasteiger partial charge on any atom is -0.496 e. The summed E-state index contributed by atoms with van der Waals surface area (Å²) in [6, 6.07) is 10.7. The standard InChI is InChI=1S/C15H14BrClN2O2/c1-20-13-5-2-9(6-12(13)16)8-21-14-7-10(17)3-4-11(14)15(18)19/h2-7H,8H2,1H3,(H3,18,19). The number of amidine groups is 1. The average molecular weight is 370 g/mol. The quantitative estimate of drug-likeness (QED) is 0.619. The van der Waals surface area contributed by atoms with Gasteiger partial charge in [-0.1, -0.05) is 17.7 Å². The van der Waals surface area contributed by atoms with Gasteiger partial charge in [-0.15, -0.1) is 0 Å². The van der Waals surface area contributed by atoms with Gasteiger partial charge in [0.15, 0.2) is 0 Å². The average Bonchev–Trinajstić information content (AvgIpc) is 2.45. The van der Waals surface area contributed by atoms with E-state index in [1.807, 2.05) is 18.2 Å². The van der Waals surface area contributed by atoms with Crippen LogP contribution in [0.15, 0.2) is 40.9 Å². The van der Waals surface area contributed by atoms with Crippen LogP contribution in [0.3, 0.4) is 0 Å². The summed E-state index contributed by atoms with van der Waals surface area (Å²) in [4.78, 5) is 0. The van der Waals surface area contributed by atoms with Gasteiger partial charge in [0.25, 0.3) is 0 Å². The van der Waals surface area contributed by atoms with E-state index in [2.05, 4.69) is 15.9 Å². The van der Waals surface area contributed by atoms with Crippen molar-refractivity contribution in [2.24, 2.45) is 5.73 Å². The number of methoxy groups -OCH3 is 1. The summed E-state index contributed by atoms with van der Waals surface area (Å²) in [5.41, 5.74) is 7.01. The third-order valence-corrected chi connectivity index (χ3v) is 3.70. The minimum atomic E-state index is -0.0578. The number of nitrogen functional groups attached to an aromatic ring is 1. The zero-order chi connectivity index (χ0) is 15.4. The number of halogens is 2. The highest BCUT2D eigenvalue weighted by Crippen LogP contribution is 2.27. The largest absolute Gasteiger partial charge is 0.496 e. The maximum absolute atomic E-state index is 7.55. The second-order valence-corrected chi connectivity index (χ2v) is 5.60. The molecule has 4 nitrogen and oxygen atoms in total. The molecule has 0 spiro atoms. The Morgan fingerprint density at radius 2 is 2.00 bits per heavy atom. The normalized spacial score (nSPS) is 10.2. The lowest BCUT2D eigenvalue weighted by Gasteiger charge is -2.12. The van der Waals surface area contributed by atoms with Gasteiger partial charge >= 0.3 is 0 Å². The van der Waals surface area contributed by atoms with Gasteiger partial charge in [0.05, 0.1) is 17.1 Å². The molecule has 6 heteroatoms. The maximum Gasteiger partial charge on any atom is 0.133 e. The monoisotopic (exact) mass is 368 g/mol. The molecule has 0 atom stereocenters. The lowest BCUT2D eigenvalue weighted by Crippen LogP contribution is -2.13. The summed E-state index contributed by atoms with van der Waals surface area (Å²) in [5.74, 6) is 1.19. The Balaban J connectivity index is 2.18. The van der Waals surface area contributed by atoms with E-state index < -0.39 is 0 Å². The molecule has 0 unspecified atom stereocenters. The van der Waals surface area contributed by atoms with Gasteiger partial charge in [-0.25, -0.2) is 0 Å². The first-order valence-electron chi connectivity index (χ1n) is 6.10. The van der Waals surface area contributed by atoms with Gasteiger partial charge in [-0.05, 0) is 51.8 Å². The molecule has 0 fully saturated rings. The van der Waals surface area contributed by atoms with E-state index in [0.29, 0.717) is 22.9 Å². The number of hydrogen-bond donors (Lipinski definition) is 2. The molecule has 0 saturated heterocycles. The van der Waals surface area contributed by atoms with Crippen molar-refractivity contribution < 1.29 is 9.47 Å². The first-order chi connectivity index (χ1) is 10.0. The molecule has 2 aromatic rings. The molecule has 0 saturated carbocycles. The van der Waals surface area contributed by atoms with Crippen LogP contribution in [0.25, 0.3) is 0 Å². The highest BCUT2D eigenvalue weighted by Gasteiger charge is 2.09. The number of rotatable bonds is 5. The molecule has 0 heterocycles. The van der Waals surface area contributed by atoms with Crippen molar-refractivity contribution in [1.29, 1.82) is 5.41 Å². The molecule has 110 valence electrons. The van der Waals surface area contributed by atoms with Gasteiger partial charge in [-0.2, -0.15) is 0 Å². The van der Waals surface area contributed by atoms with E-state index in [0.717, 1.165) is 15.8 Å². The van der Waals surface area contributed by atoms with E-state index in [4.69, 9.17) is 32.2 Å². The van der Waals surface area contributed by atoms with Gasteiger partial charge in [0, 0.05) is 5.02 Å². The molecule has 0 aromatic heterocycles. The summed E-state index contributed by atoms with van der Waals surface area (Å²) in [7, 11) is 1.61. The van der Waals surface area contributed by atoms with E-state index in [1.165, 1.54) is 0 Å². The molecular weight excluding hydrogens is 356 g/mol. The van der Waals surface area contributed by atoms with Crippen LogP contribution in [0.4, 0.5) is 0 Å². The van der Waals surface area contributed by atoms with Crippen molar-refractivity contribution in [3.8, 4) is 11.5 Å². The summed E-state index contributed by atoms with van der Waals surface area (Å²) < 4.78 is 11.8. The van der Waals surface area contributed by atoms with Crippen LogP contribution >= 0.6 is 27.5 Å². The van der Waals surface area contributed by atoms with Crippen molar-refractivity contribution in [2.45, 2.75) is 6.61 Å². The Morgan fingerprint density at radius 1 is 1.24 bits per heavy atom. The van der Waals surface area contributed by atoms with Crippen LogP contribution in [-0.4, -0.2) is 12.9 Å². The lowest BCUT2D eigenvalue weighted by atomic mass is 10.2. The van der Waals surface area contributed by atoms with Crippen LogP contribution in [0.5, 0.6) is 11.5 Å². The van der Waals surface area contributed by atoms with Crippen molar-refractivity contribution in [3.63, 3.8) is 0 Å². The fraction of sp³-hybridized carbons (Fsp3) is 0.133. The molecule has 0 radical (unpaired) electrons. The zero-order valence-electron chi connectivity index (χ0n) is 11.3. The number of nitrogens with one attached hydrogen (secondary N) is 1. The Morgan fingerprint density at radius 3 is 2.62 bits per heavy atom. The van der Waals surface area contributed by atoms with Gasteiger partial charge in [0.2, 0.25) is 0 Å². The van der Waals surface area contributed by atoms with Crippen LogP contribution < -0.4 is 15.2 Å². The molecule has 2 rings (SSSR count). The zero-order valence-corrected chi connectivity index (χ0v) is 13.7. The highest BCUT2D eigenvalue weighted by molar-refractivity contribution is 9.10. The van der Waals surface area contributed by atoms with Gasteiger partial charge in [0.1, 0.15) is 23.9 Å². The Bertz CT molecular complexity index is 677. The van der Waals surface area contributed by atoms with Crippen LogP contribution in [0, 0.1) is 5.41 Å². The Labute approximate surface area is 136 Å². The molecule has 0 aliphatic carbocycles. The van der Waals surface area contributed by atoms with E-state index in [9.17, 15) is 0 Å².